The van der Waals surface area contributed by atoms with E-state index in [1.807, 2.05) is 0 Å². The fraction of sp³-hybridized carbons (Fsp3) is 0.400. The van der Waals surface area contributed by atoms with Crippen molar-refractivity contribution in [2.45, 2.75) is 25.2 Å². The number of piperidine rings is 1. The molecule has 3 heteroatoms. The molecule has 0 aliphatic carbocycles. The van der Waals surface area contributed by atoms with Crippen LogP contribution in [0.3, 0.4) is 0 Å². The van der Waals surface area contributed by atoms with Crippen molar-refractivity contribution >= 4 is 16.7 Å². The van der Waals surface area contributed by atoms with Crippen molar-refractivity contribution in [3.8, 4) is 6.07 Å². The number of H-pyrrole nitrogens is 1. The molecular formula is C15H15N3. The molecule has 0 radical (unpaired) electrons. The van der Waals surface area contributed by atoms with Gasteiger partial charge in [-0.25, -0.2) is 0 Å². The summed E-state index contributed by atoms with van der Waals surface area (Å²) < 4.78 is 0. The number of aromatic amines is 1. The van der Waals surface area contributed by atoms with Crippen LogP contribution in [0.4, 0.5) is 5.82 Å². The van der Waals surface area contributed by atoms with Crippen molar-refractivity contribution < 1.29 is 0 Å². The van der Waals surface area contributed by atoms with E-state index in [2.05, 4.69) is 34.2 Å². The smallest absolute Gasteiger partial charge is 0.110 e. The van der Waals surface area contributed by atoms with Gasteiger partial charge in [-0.3, -0.25) is 0 Å². The second-order valence-corrected chi connectivity index (χ2v) is 5.32. The van der Waals surface area contributed by atoms with E-state index in [1.165, 1.54) is 48.2 Å². The molecule has 1 fully saturated rings. The first-order valence-corrected chi connectivity index (χ1v) is 6.64. The van der Waals surface area contributed by atoms with Crippen LogP contribution in [0.2, 0.25) is 0 Å². The van der Waals surface area contributed by atoms with Crippen molar-refractivity contribution in [1.29, 1.82) is 5.26 Å². The highest BCUT2D eigenvalue weighted by Crippen LogP contribution is 2.46. The van der Waals surface area contributed by atoms with Crippen molar-refractivity contribution in [2.24, 2.45) is 0 Å². The van der Waals surface area contributed by atoms with Gasteiger partial charge in [0.05, 0.1) is 18.0 Å². The van der Waals surface area contributed by atoms with Crippen LogP contribution in [0.5, 0.6) is 0 Å². The van der Waals surface area contributed by atoms with E-state index >= 15 is 0 Å². The number of benzene rings is 1. The van der Waals surface area contributed by atoms with Crippen molar-refractivity contribution in [1.82, 2.24) is 4.98 Å². The second kappa shape index (κ2) is 3.52. The summed E-state index contributed by atoms with van der Waals surface area (Å²) in [5, 5.41) is 10.3. The molecule has 18 heavy (non-hydrogen) atoms. The van der Waals surface area contributed by atoms with E-state index in [0.717, 1.165) is 11.5 Å². The van der Waals surface area contributed by atoms with Crippen LogP contribution in [-0.4, -0.2) is 18.1 Å². The molecule has 4 heterocycles. The minimum atomic E-state index is 0.487. The Morgan fingerprint density at radius 2 is 2.17 bits per heavy atom. The number of anilines is 1. The van der Waals surface area contributed by atoms with E-state index in [9.17, 15) is 0 Å². The molecule has 0 amide bonds. The third-order valence-electron chi connectivity index (χ3n) is 4.43. The van der Waals surface area contributed by atoms with Gasteiger partial charge >= 0.3 is 0 Å². The molecule has 90 valence electrons. The summed E-state index contributed by atoms with van der Waals surface area (Å²) in [6.45, 7) is 2.36. The Kier molecular flexibility index (Phi) is 1.96. The monoisotopic (exact) mass is 237 g/mol. The van der Waals surface area contributed by atoms with Gasteiger partial charge in [-0.15, -0.1) is 0 Å². The van der Waals surface area contributed by atoms with Crippen LogP contribution in [-0.2, 0) is 6.42 Å². The minimum Gasteiger partial charge on any atom is -0.358 e. The van der Waals surface area contributed by atoms with E-state index in [4.69, 9.17) is 5.26 Å². The molecule has 0 spiro atoms. The molecule has 3 aliphatic rings. The number of hydrogen-bond acceptors (Lipinski definition) is 2. The van der Waals surface area contributed by atoms with E-state index in [1.54, 1.807) is 0 Å². The average molecular weight is 237 g/mol. The summed E-state index contributed by atoms with van der Waals surface area (Å²) in [4.78, 5) is 6.04. The maximum Gasteiger partial charge on any atom is 0.110 e. The lowest BCUT2D eigenvalue weighted by Crippen LogP contribution is -2.38. The van der Waals surface area contributed by atoms with Crippen molar-refractivity contribution in [2.75, 3.05) is 18.0 Å². The van der Waals surface area contributed by atoms with Crippen LogP contribution in [0.1, 0.15) is 29.9 Å². The molecule has 2 aromatic rings. The molecule has 0 unspecified atom stereocenters. The number of nitriles is 1. The Bertz CT molecular complexity index is 654. The molecular weight excluding hydrogens is 222 g/mol. The van der Waals surface area contributed by atoms with E-state index in [-0.39, 0.29) is 0 Å². The maximum atomic E-state index is 8.92. The summed E-state index contributed by atoms with van der Waals surface area (Å²) in [5.41, 5.74) is 3.81. The zero-order chi connectivity index (χ0) is 12.1. The molecule has 1 saturated heterocycles. The largest absolute Gasteiger partial charge is 0.358 e. The zero-order valence-corrected chi connectivity index (χ0v) is 10.2. The topological polar surface area (TPSA) is 42.8 Å². The molecule has 0 saturated carbocycles. The number of rotatable bonds is 1. The molecule has 0 atom stereocenters. The van der Waals surface area contributed by atoms with Gasteiger partial charge in [0, 0.05) is 24.0 Å². The third-order valence-corrected chi connectivity index (χ3v) is 4.43. The standard InChI is InChI=1S/C15H15N3/c16-7-4-11-2-1-3-12-13-10-5-8-18(9-6-10)15(13)17-14(11)12/h1-3,10,17H,4-6,8-9H2. The number of nitrogens with zero attached hydrogens (tertiary/aromatic N) is 2. The lowest BCUT2D eigenvalue weighted by Gasteiger charge is -2.40. The Morgan fingerprint density at radius 3 is 2.94 bits per heavy atom. The Hall–Kier alpha value is -1.95. The Balaban J connectivity index is 2.02. The van der Waals surface area contributed by atoms with E-state index in [0.29, 0.717) is 6.42 Å². The highest BCUT2D eigenvalue weighted by Gasteiger charge is 2.33. The predicted molar refractivity (Wildman–Crippen MR) is 71.8 cm³/mol. The number of fused-ring (bicyclic) bond motifs is 3. The summed E-state index contributed by atoms with van der Waals surface area (Å²) in [7, 11) is 0. The second-order valence-electron chi connectivity index (χ2n) is 5.32. The van der Waals surface area contributed by atoms with Crippen molar-refractivity contribution in [3.63, 3.8) is 0 Å². The van der Waals surface area contributed by atoms with Gasteiger partial charge in [0.15, 0.2) is 0 Å². The number of aromatic nitrogens is 1. The quantitative estimate of drug-likeness (QED) is 0.828. The number of nitrogens with one attached hydrogen (secondary N) is 1. The number of para-hydroxylation sites is 1. The van der Waals surface area contributed by atoms with Crippen LogP contribution >= 0.6 is 0 Å². The zero-order valence-electron chi connectivity index (χ0n) is 10.2. The molecule has 1 N–H and O–H groups in total. The minimum absolute atomic E-state index is 0.487. The lowest BCUT2D eigenvalue weighted by atomic mass is 9.84. The van der Waals surface area contributed by atoms with E-state index < -0.39 is 0 Å². The average Bonchev–Trinajstić information content (AvgIpc) is 2.83. The van der Waals surface area contributed by atoms with Gasteiger partial charge < -0.3 is 9.88 Å². The fourth-order valence-electron chi connectivity index (χ4n) is 3.57. The maximum absolute atomic E-state index is 8.92. The van der Waals surface area contributed by atoms with Gasteiger partial charge in [-0.1, -0.05) is 18.2 Å². The Labute approximate surface area is 106 Å². The normalized spacial score (nSPS) is 18.1. The first-order valence-electron chi connectivity index (χ1n) is 6.64. The van der Waals surface area contributed by atoms with Gasteiger partial charge in [0.25, 0.3) is 0 Å². The molecule has 1 aromatic carbocycles. The van der Waals surface area contributed by atoms with Gasteiger partial charge in [-0.2, -0.15) is 5.26 Å². The summed E-state index contributed by atoms with van der Waals surface area (Å²) in [5.74, 6) is 2.04. The Morgan fingerprint density at radius 1 is 1.33 bits per heavy atom. The van der Waals surface area contributed by atoms with Gasteiger partial charge in [0.2, 0.25) is 0 Å². The summed E-state index contributed by atoms with van der Waals surface area (Å²) >= 11 is 0. The summed E-state index contributed by atoms with van der Waals surface area (Å²) in [6.07, 6.45) is 3.05. The van der Waals surface area contributed by atoms with Crippen molar-refractivity contribution in [3.05, 3.63) is 29.3 Å². The first kappa shape index (κ1) is 10.0. The highest BCUT2D eigenvalue weighted by molar-refractivity contribution is 5.93. The summed E-state index contributed by atoms with van der Waals surface area (Å²) in [6, 6.07) is 8.61. The molecule has 3 nitrogen and oxygen atoms in total. The third kappa shape index (κ3) is 1.18. The lowest BCUT2D eigenvalue weighted by molar-refractivity contribution is 0.475. The number of hydrogen-bond donors (Lipinski definition) is 1. The SMILES string of the molecule is N#CCc1cccc2c3c([nH]c12)N1CCC3CC1. The molecule has 5 rings (SSSR count). The molecule has 1 aromatic heterocycles. The van der Waals surface area contributed by atoms with Crippen LogP contribution in [0.25, 0.3) is 10.9 Å². The van der Waals surface area contributed by atoms with Gasteiger partial charge in [0.1, 0.15) is 5.82 Å². The van der Waals surface area contributed by atoms with Crippen LogP contribution in [0, 0.1) is 11.3 Å². The van der Waals surface area contributed by atoms with Crippen LogP contribution in [0.15, 0.2) is 18.2 Å². The fourth-order valence-corrected chi connectivity index (χ4v) is 3.57. The van der Waals surface area contributed by atoms with Crippen LogP contribution < -0.4 is 4.90 Å². The van der Waals surface area contributed by atoms with Gasteiger partial charge in [-0.05, 0) is 24.3 Å². The predicted octanol–water partition coefficient (Wildman–Crippen LogP) is 2.93. The molecule has 2 bridgehead atoms. The molecule has 3 aliphatic heterocycles. The first-order chi connectivity index (χ1) is 8.88. The highest BCUT2D eigenvalue weighted by atomic mass is 15.2.